The van der Waals surface area contributed by atoms with E-state index in [1.54, 1.807) is 0 Å². The van der Waals surface area contributed by atoms with Gasteiger partial charge in [-0.3, -0.25) is 14.2 Å². The van der Waals surface area contributed by atoms with E-state index >= 15 is 0 Å². The molecule has 1 aromatic rings. The monoisotopic (exact) mass is 349 g/mol. The van der Waals surface area contributed by atoms with Crippen LogP contribution >= 0.6 is 22.6 Å². The second-order valence-electron chi connectivity index (χ2n) is 4.27. The van der Waals surface area contributed by atoms with Crippen LogP contribution in [0.2, 0.25) is 0 Å². The molecule has 0 saturated carbocycles. The Bertz CT molecular complexity index is 456. The molecule has 0 bridgehead atoms. The predicted octanol–water partition coefficient (Wildman–Crippen LogP) is 1.01. The summed E-state index contributed by atoms with van der Waals surface area (Å²) >= 11 is 1.91. The lowest BCUT2D eigenvalue weighted by Crippen LogP contribution is -2.40. The van der Waals surface area contributed by atoms with Crippen LogP contribution in [0.5, 0.6) is 0 Å². The molecule has 5 nitrogen and oxygen atoms in total. The van der Waals surface area contributed by atoms with Crippen molar-refractivity contribution >= 4 is 28.5 Å². The van der Waals surface area contributed by atoms with Crippen molar-refractivity contribution in [3.05, 3.63) is 26.4 Å². The third kappa shape index (κ3) is 4.10. The number of carbonyl (C=O) groups is 1. The van der Waals surface area contributed by atoms with Gasteiger partial charge in [0.15, 0.2) is 0 Å². The normalized spacial score (nSPS) is 12.5. The molecule has 17 heavy (non-hydrogen) atoms. The molecular formula is C11H16IN3O2. The van der Waals surface area contributed by atoms with Gasteiger partial charge in [0.25, 0.3) is 5.56 Å². The average molecular weight is 349 g/mol. The van der Waals surface area contributed by atoms with Gasteiger partial charge in [0.05, 0.1) is 9.90 Å². The van der Waals surface area contributed by atoms with Crippen molar-refractivity contribution in [2.75, 3.05) is 0 Å². The minimum absolute atomic E-state index is 0.0136. The van der Waals surface area contributed by atoms with E-state index in [-0.39, 0.29) is 24.1 Å². The maximum Gasteiger partial charge on any atom is 0.267 e. The van der Waals surface area contributed by atoms with Gasteiger partial charge >= 0.3 is 0 Å². The summed E-state index contributed by atoms with van der Waals surface area (Å²) in [5.41, 5.74) is -0.187. The summed E-state index contributed by atoms with van der Waals surface area (Å²) in [6.45, 7) is 6.02. The highest BCUT2D eigenvalue weighted by Crippen LogP contribution is 1.99. The fraction of sp³-hybridized carbons (Fsp3) is 0.545. The first-order valence-electron chi connectivity index (χ1n) is 5.41. The highest BCUT2D eigenvalue weighted by atomic mass is 127. The zero-order valence-corrected chi connectivity index (χ0v) is 12.3. The van der Waals surface area contributed by atoms with E-state index < -0.39 is 0 Å². The van der Waals surface area contributed by atoms with Crippen LogP contribution in [-0.2, 0) is 11.3 Å². The Morgan fingerprint density at radius 1 is 1.53 bits per heavy atom. The molecule has 1 aromatic heterocycles. The van der Waals surface area contributed by atoms with E-state index in [1.807, 2.05) is 43.4 Å². The van der Waals surface area contributed by atoms with Crippen molar-refractivity contribution in [1.29, 1.82) is 0 Å². The van der Waals surface area contributed by atoms with Crippen LogP contribution < -0.4 is 10.9 Å². The van der Waals surface area contributed by atoms with E-state index in [2.05, 4.69) is 10.3 Å². The number of hydrogen-bond acceptors (Lipinski definition) is 3. The number of nitrogens with one attached hydrogen (secondary N) is 1. The lowest BCUT2D eigenvalue weighted by atomic mass is 10.1. The van der Waals surface area contributed by atoms with Gasteiger partial charge in [-0.1, -0.05) is 13.8 Å². The molecule has 0 fully saturated rings. The number of amides is 1. The smallest absolute Gasteiger partial charge is 0.267 e. The maximum absolute atomic E-state index is 11.7. The summed E-state index contributed by atoms with van der Waals surface area (Å²) in [5.74, 6) is 0.196. The molecule has 0 aliphatic heterocycles. The van der Waals surface area contributed by atoms with Gasteiger partial charge in [-0.2, -0.15) is 0 Å². The summed E-state index contributed by atoms with van der Waals surface area (Å²) in [4.78, 5) is 27.2. The van der Waals surface area contributed by atoms with Gasteiger partial charge in [0.1, 0.15) is 6.54 Å². The Morgan fingerprint density at radius 2 is 2.18 bits per heavy atom. The molecule has 0 spiro atoms. The highest BCUT2D eigenvalue weighted by molar-refractivity contribution is 14.1. The first-order chi connectivity index (χ1) is 7.91. The number of carbonyl (C=O) groups excluding carboxylic acids is 1. The van der Waals surface area contributed by atoms with Crippen LogP contribution in [0.4, 0.5) is 0 Å². The zero-order valence-electron chi connectivity index (χ0n) is 10.1. The van der Waals surface area contributed by atoms with Gasteiger partial charge in [-0.15, -0.1) is 0 Å². The van der Waals surface area contributed by atoms with Crippen LogP contribution in [0.3, 0.4) is 0 Å². The Labute approximate surface area is 114 Å². The van der Waals surface area contributed by atoms with Crippen LogP contribution in [0.25, 0.3) is 0 Å². The van der Waals surface area contributed by atoms with Gasteiger partial charge in [-0.05, 0) is 35.4 Å². The molecule has 0 aliphatic carbocycles. The van der Waals surface area contributed by atoms with Crippen LogP contribution in [-0.4, -0.2) is 21.5 Å². The molecule has 1 unspecified atom stereocenters. The average Bonchev–Trinajstić information content (AvgIpc) is 2.24. The Kier molecular flexibility index (Phi) is 5.10. The third-order valence-corrected chi connectivity index (χ3v) is 3.30. The summed E-state index contributed by atoms with van der Waals surface area (Å²) in [7, 11) is 0. The molecule has 1 amide bonds. The zero-order chi connectivity index (χ0) is 13.0. The van der Waals surface area contributed by atoms with Crippen molar-refractivity contribution in [3.8, 4) is 0 Å². The molecule has 1 heterocycles. The van der Waals surface area contributed by atoms with E-state index in [1.165, 1.54) is 17.1 Å². The number of nitrogens with zero attached hydrogens (tertiary/aromatic N) is 2. The molecule has 0 radical (unpaired) electrons. The topological polar surface area (TPSA) is 64.0 Å². The second kappa shape index (κ2) is 6.13. The molecular weight excluding hydrogens is 333 g/mol. The van der Waals surface area contributed by atoms with Crippen LogP contribution in [0, 0.1) is 9.49 Å². The van der Waals surface area contributed by atoms with E-state index in [4.69, 9.17) is 0 Å². The Hall–Kier alpha value is -0.920. The van der Waals surface area contributed by atoms with Crippen molar-refractivity contribution in [1.82, 2.24) is 14.9 Å². The largest absolute Gasteiger partial charge is 0.352 e. The molecule has 1 N–H and O–H groups in total. The molecule has 0 aromatic carbocycles. The van der Waals surface area contributed by atoms with Gasteiger partial charge in [0, 0.05) is 12.2 Å². The van der Waals surface area contributed by atoms with Crippen molar-refractivity contribution in [3.63, 3.8) is 0 Å². The first kappa shape index (κ1) is 14.1. The summed E-state index contributed by atoms with van der Waals surface area (Å²) in [6, 6.07) is 0.0916. The number of halogens is 1. The Morgan fingerprint density at radius 3 is 2.76 bits per heavy atom. The van der Waals surface area contributed by atoms with E-state index in [0.717, 1.165) is 0 Å². The predicted molar refractivity (Wildman–Crippen MR) is 73.7 cm³/mol. The fourth-order valence-corrected chi connectivity index (χ4v) is 1.63. The Balaban J connectivity index is 2.69. The number of rotatable bonds is 4. The lowest BCUT2D eigenvalue weighted by Gasteiger charge is -2.17. The standard InChI is InChI=1S/C11H16IN3O2/c1-7(2)8(3)14-10(16)5-15-6-13-4-9(12)11(15)17/h4,6-8H,5H2,1-3H3,(H,14,16). The number of hydrogen-bond donors (Lipinski definition) is 1. The first-order valence-corrected chi connectivity index (χ1v) is 6.49. The van der Waals surface area contributed by atoms with Crippen LogP contribution in [0.1, 0.15) is 20.8 Å². The quantitative estimate of drug-likeness (QED) is 0.826. The highest BCUT2D eigenvalue weighted by Gasteiger charge is 2.12. The van der Waals surface area contributed by atoms with Crippen LogP contribution in [0.15, 0.2) is 17.3 Å². The molecule has 0 saturated heterocycles. The molecule has 1 rings (SSSR count). The fourth-order valence-electron chi connectivity index (χ4n) is 1.16. The van der Waals surface area contributed by atoms with Gasteiger partial charge < -0.3 is 5.32 Å². The second-order valence-corrected chi connectivity index (χ2v) is 5.44. The number of aromatic nitrogens is 2. The minimum Gasteiger partial charge on any atom is -0.352 e. The summed E-state index contributed by atoms with van der Waals surface area (Å²) < 4.78 is 1.82. The minimum atomic E-state index is -0.187. The SMILES string of the molecule is CC(C)C(C)NC(=O)Cn1cncc(I)c1=O. The van der Waals surface area contributed by atoms with Gasteiger partial charge in [-0.25, -0.2) is 4.98 Å². The summed E-state index contributed by atoms with van der Waals surface area (Å²) in [5, 5.41) is 2.85. The van der Waals surface area contributed by atoms with Crippen molar-refractivity contribution in [2.24, 2.45) is 5.92 Å². The molecule has 6 heteroatoms. The van der Waals surface area contributed by atoms with E-state index in [9.17, 15) is 9.59 Å². The molecule has 0 aliphatic rings. The molecule has 94 valence electrons. The van der Waals surface area contributed by atoms with Crippen molar-refractivity contribution < 1.29 is 4.79 Å². The summed E-state index contributed by atoms with van der Waals surface area (Å²) in [6.07, 6.45) is 2.86. The van der Waals surface area contributed by atoms with Gasteiger partial charge in [0.2, 0.25) is 5.91 Å². The lowest BCUT2D eigenvalue weighted by molar-refractivity contribution is -0.122. The molecule has 1 atom stereocenters. The third-order valence-electron chi connectivity index (χ3n) is 2.56. The van der Waals surface area contributed by atoms with E-state index in [0.29, 0.717) is 9.49 Å². The maximum atomic E-state index is 11.7. The van der Waals surface area contributed by atoms with Crippen molar-refractivity contribution in [2.45, 2.75) is 33.4 Å².